The standard InChI is InChI=1S/C18H22O4/c1-19-15-7-5-9-17(13-15)21-11-3-4-12-22-18-10-6-8-16(14-18)20-2/h5-10,13-14H,3-4,11-12H2,1-2H3. The van der Waals surface area contributed by atoms with Gasteiger partial charge >= 0.3 is 0 Å². The third-order valence-electron chi connectivity index (χ3n) is 3.16. The summed E-state index contributed by atoms with van der Waals surface area (Å²) in [6.07, 6.45) is 1.86. The Labute approximate surface area is 131 Å². The van der Waals surface area contributed by atoms with Gasteiger partial charge in [0.05, 0.1) is 27.4 Å². The largest absolute Gasteiger partial charge is 0.497 e. The zero-order valence-electron chi connectivity index (χ0n) is 13.1. The van der Waals surface area contributed by atoms with Crippen molar-refractivity contribution in [3.05, 3.63) is 48.5 Å². The Hall–Kier alpha value is -2.36. The SMILES string of the molecule is COc1cccc(OCCCCOc2cccc(OC)c2)c1. The number of benzene rings is 2. The van der Waals surface area contributed by atoms with Crippen molar-refractivity contribution >= 4 is 0 Å². The van der Waals surface area contributed by atoms with Crippen LogP contribution in [0.2, 0.25) is 0 Å². The molecular weight excluding hydrogens is 280 g/mol. The molecule has 0 aliphatic carbocycles. The van der Waals surface area contributed by atoms with E-state index in [1.165, 1.54) is 0 Å². The van der Waals surface area contributed by atoms with Gasteiger partial charge in [-0.1, -0.05) is 12.1 Å². The van der Waals surface area contributed by atoms with Crippen molar-refractivity contribution in [1.82, 2.24) is 0 Å². The first-order chi connectivity index (χ1) is 10.8. The van der Waals surface area contributed by atoms with Crippen molar-refractivity contribution in [3.8, 4) is 23.0 Å². The molecule has 0 N–H and O–H groups in total. The molecule has 22 heavy (non-hydrogen) atoms. The van der Waals surface area contributed by atoms with Crippen LogP contribution in [0.4, 0.5) is 0 Å². The van der Waals surface area contributed by atoms with E-state index in [1.807, 2.05) is 48.5 Å². The van der Waals surface area contributed by atoms with E-state index in [-0.39, 0.29) is 0 Å². The van der Waals surface area contributed by atoms with Crippen LogP contribution in [0.3, 0.4) is 0 Å². The maximum absolute atomic E-state index is 5.68. The number of methoxy groups -OCH3 is 2. The Balaban J connectivity index is 1.62. The van der Waals surface area contributed by atoms with Crippen molar-refractivity contribution < 1.29 is 18.9 Å². The molecule has 4 heteroatoms. The normalized spacial score (nSPS) is 10.1. The van der Waals surface area contributed by atoms with E-state index in [9.17, 15) is 0 Å². The molecule has 0 spiro atoms. The van der Waals surface area contributed by atoms with Gasteiger partial charge in [0.15, 0.2) is 0 Å². The summed E-state index contributed by atoms with van der Waals surface area (Å²) < 4.78 is 21.7. The predicted octanol–water partition coefficient (Wildman–Crippen LogP) is 3.94. The quantitative estimate of drug-likeness (QED) is 0.657. The fourth-order valence-corrected chi connectivity index (χ4v) is 1.97. The summed E-state index contributed by atoms with van der Waals surface area (Å²) in [7, 11) is 3.30. The number of hydrogen-bond donors (Lipinski definition) is 0. The van der Waals surface area contributed by atoms with E-state index in [2.05, 4.69) is 0 Å². The predicted molar refractivity (Wildman–Crippen MR) is 86.2 cm³/mol. The van der Waals surface area contributed by atoms with E-state index < -0.39 is 0 Å². The Bertz CT molecular complexity index is 517. The van der Waals surface area contributed by atoms with Crippen LogP contribution in [0.1, 0.15) is 12.8 Å². The van der Waals surface area contributed by atoms with Crippen molar-refractivity contribution in [3.63, 3.8) is 0 Å². The van der Waals surface area contributed by atoms with Crippen molar-refractivity contribution in [1.29, 1.82) is 0 Å². The zero-order chi connectivity index (χ0) is 15.6. The fraction of sp³-hybridized carbons (Fsp3) is 0.333. The molecule has 4 nitrogen and oxygen atoms in total. The summed E-state index contributed by atoms with van der Waals surface area (Å²) in [5, 5.41) is 0. The summed E-state index contributed by atoms with van der Waals surface area (Å²) in [5.74, 6) is 3.26. The number of ether oxygens (including phenoxy) is 4. The Morgan fingerprint density at radius 3 is 1.45 bits per heavy atom. The van der Waals surface area contributed by atoms with Gasteiger partial charge in [-0.25, -0.2) is 0 Å². The lowest BCUT2D eigenvalue weighted by atomic mass is 10.3. The van der Waals surface area contributed by atoms with E-state index in [4.69, 9.17) is 18.9 Å². The summed E-state index contributed by atoms with van der Waals surface area (Å²) in [6, 6.07) is 15.2. The first-order valence-corrected chi connectivity index (χ1v) is 7.35. The molecule has 0 fully saturated rings. The minimum Gasteiger partial charge on any atom is -0.497 e. The third-order valence-corrected chi connectivity index (χ3v) is 3.16. The molecule has 2 rings (SSSR count). The highest BCUT2D eigenvalue weighted by Crippen LogP contribution is 2.20. The molecule has 0 unspecified atom stereocenters. The first-order valence-electron chi connectivity index (χ1n) is 7.35. The topological polar surface area (TPSA) is 36.9 Å². The Morgan fingerprint density at radius 2 is 1.05 bits per heavy atom. The van der Waals surface area contributed by atoms with E-state index in [0.717, 1.165) is 35.8 Å². The van der Waals surface area contributed by atoms with Gasteiger partial charge in [-0.2, -0.15) is 0 Å². The molecule has 2 aromatic carbocycles. The molecule has 118 valence electrons. The second-order valence-electron chi connectivity index (χ2n) is 4.76. The molecule has 0 heterocycles. The van der Waals surface area contributed by atoms with Gasteiger partial charge in [-0.15, -0.1) is 0 Å². The van der Waals surface area contributed by atoms with Gasteiger partial charge in [-0.05, 0) is 37.1 Å². The average Bonchev–Trinajstić information content (AvgIpc) is 2.58. The minimum absolute atomic E-state index is 0.661. The molecule has 0 atom stereocenters. The summed E-state index contributed by atoms with van der Waals surface area (Å²) >= 11 is 0. The van der Waals surface area contributed by atoms with Gasteiger partial charge in [0.1, 0.15) is 23.0 Å². The highest BCUT2D eigenvalue weighted by molar-refractivity contribution is 5.33. The van der Waals surface area contributed by atoms with Crippen LogP contribution in [0.5, 0.6) is 23.0 Å². The minimum atomic E-state index is 0.661. The first kappa shape index (κ1) is 16.0. The lowest BCUT2D eigenvalue weighted by molar-refractivity contribution is 0.265. The number of hydrogen-bond acceptors (Lipinski definition) is 4. The molecule has 0 radical (unpaired) electrons. The molecule has 0 amide bonds. The van der Waals surface area contributed by atoms with Gasteiger partial charge in [0.25, 0.3) is 0 Å². The third kappa shape index (κ3) is 5.20. The lowest BCUT2D eigenvalue weighted by Gasteiger charge is -2.09. The van der Waals surface area contributed by atoms with Crippen molar-refractivity contribution in [2.24, 2.45) is 0 Å². The van der Waals surface area contributed by atoms with Crippen LogP contribution >= 0.6 is 0 Å². The lowest BCUT2D eigenvalue weighted by Crippen LogP contribution is -2.02. The number of rotatable bonds is 9. The molecule has 0 bridgehead atoms. The van der Waals surface area contributed by atoms with Crippen LogP contribution in [0, 0.1) is 0 Å². The molecule has 0 saturated heterocycles. The fourth-order valence-electron chi connectivity index (χ4n) is 1.97. The summed E-state index contributed by atoms with van der Waals surface area (Å²) in [4.78, 5) is 0. The highest BCUT2D eigenvalue weighted by Gasteiger charge is 1.98. The average molecular weight is 302 g/mol. The maximum atomic E-state index is 5.68. The van der Waals surface area contributed by atoms with Crippen LogP contribution in [-0.2, 0) is 0 Å². The molecule has 0 aliphatic heterocycles. The second-order valence-corrected chi connectivity index (χ2v) is 4.76. The summed E-state index contributed by atoms with van der Waals surface area (Å²) in [6.45, 7) is 1.32. The van der Waals surface area contributed by atoms with Crippen LogP contribution in [0.15, 0.2) is 48.5 Å². The van der Waals surface area contributed by atoms with Crippen molar-refractivity contribution in [2.45, 2.75) is 12.8 Å². The maximum Gasteiger partial charge on any atom is 0.122 e. The van der Waals surface area contributed by atoms with Crippen molar-refractivity contribution in [2.75, 3.05) is 27.4 Å². The number of unbranched alkanes of at least 4 members (excludes halogenated alkanes) is 1. The molecule has 0 aromatic heterocycles. The summed E-state index contributed by atoms with van der Waals surface area (Å²) in [5.41, 5.74) is 0. The van der Waals surface area contributed by atoms with Crippen LogP contribution < -0.4 is 18.9 Å². The van der Waals surface area contributed by atoms with E-state index in [0.29, 0.717) is 13.2 Å². The second kappa shape index (κ2) is 8.82. The van der Waals surface area contributed by atoms with E-state index >= 15 is 0 Å². The Morgan fingerprint density at radius 1 is 0.636 bits per heavy atom. The van der Waals surface area contributed by atoms with Crippen LogP contribution in [0.25, 0.3) is 0 Å². The highest BCUT2D eigenvalue weighted by atomic mass is 16.5. The van der Waals surface area contributed by atoms with Crippen LogP contribution in [-0.4, -0.2) is 27.4 Å². The van der Waals surface area contributed by atoms with Gasteiger partial charge in [0, 0.05) is 12.1 Å². The molecule has 2 aromatic rings. The molecular formula is C18H22O4. The Kier molecular flexibility index (Phi) is 6.42. The van der Waals surface area contributed by atoms with Gasteiger partial charge in [0.2, 0.25) is 0 Å². The molecule has 0 saturated carbocycles. The van der Waals surface area contributed by atoms with E-state index in [1.54, 1.807) is 14.2 Å². The monoisotopic (exact) mass is 302 g/mol. The smallest absolute Gasteiger partial charge is 0.122 e. The van der Waals surface area contributed by atoms with Gasteiger partial charge in [-0.3, -0.25) is 0 Å². The zero-order valence-corrected chi connectivity index (χ0v) is 13.1. The molecule has 0 aliphatic rings. The van der Waals surface area contributed by atoms with Gasteiger partial charge < -0.3 is 18.9 Å².